The molecule has 3 amide bonds. The number of hydrogen-bond acceptors (Lipinski definition) is 6. The lowest BCUT2D eigenvalue weighted by molar-refractivity contribution is -0.135. The molecule has 26 heavy (non-hydrogen) atoms. The smallest absolute Gasteiger partial charge is 0.294 e. The molecule has 0 aliphatic carbocycles. The molecule has 0 aromatic heterocycles. The van der Waals surface area contributed by atoms with Gasteiger partial charge in [-0.2, -0.15) is 0 Å². The normalized spacial score (nSPS) is 20.6. The molecule has 4 rings (SSSR count). The van der Waals surface area contributed by atoms with Gasteiger partial charge in [-0.3, -0.25) is 19.3 Å². The molecule has 0 spiro atoms. The highest BCUT2D eigenvalue weighted by atomic mass is 79.9. The molecule has 0 N–H and O–H groups in total. The van der Waals surface area contributed by atoms with Gasteiger partial charge in [0.25, 0.3) is 11.1 Å². The highest BCUT2D eigenvalue weighted by Gasteiger charge is 2.37. The van der Waals surface area contributed by atoms with E-state index in [2.05, 4.69) is 15.9 Å². The monoisotopic (exact) mass is 438 g/mol. The van der Waals surface area contributed by atoms with Crippen molar-refractivity contribution in [2.75, 3.05) is 26.4 Å². The van der Waals surface area contributed by atoms with Gasteiger partial charge in [0.1, 0.15) is 6.54 Å². The van der Waals surface area contributed by atoms with Gasteiger partial charge in [-0.25, -0.2) is 0 Å². The third kappa shape index (κ3) is 3.21. The zero-order chi connectivity index (χ0) is 18.3. The maximum Gasteiger partial charge on any atom is 0.294 e. The highest BCUT2D eigenvalue weighted by Crippen LogP contribution is 2.39. The number of carbonyl (C=O) groups excluding carboxylic acids is 3. The molecule has 0 unspecified atom stereocenters. The molecular formula is C17H15BrN2O5S. The number of ether oxygens (including phenoxy) is 2. The van der Waals surface area contributed by atoms with Crippen molar-refractivity contribution in [2.24, 2.45) is 0 Å². The van der Waals surface area contributed by atoms with E-state index in [-0.39, 0.29) is 24.2 Å². The number of benzene rings is 1. The van der Waals surface area contributed by atoms with Crippen molar-refractivity contribution in [3.05, 3.63) is 27.1 Å². The summed E-state index contributed by atoms with van der Waals surface area (Å²) in [6.45, 7) is 1.33. The van der Waals surface area contributed by atoms with Crippen LogP contribution >= 0.6 is 27.7 Å². The van der Waals surface area contributed by atoms with Gasteiger partial charge in [0.2, 0.25) is 12.7 Å². The van der Waals surface area contributed by atoms with Crippen LogP contribution in [0, 0.1) is 0 Å². The van der Waals surface area contributed by atoms with Crippen LogP contribution in [0.2, 0.25) is 0 Å². The first-order valence-electron chi connectivity index (χ1n) is 8.15. The minimum atomic E-state index is -0.447. The molecule has 0 radical (unpaired) electrons. The summed E-state index contributed by atoms with van der Waals surface area (Å²) < 4.78 is 11.4. The predicted octanol–water partition coefficient (Wildman–Crippen LogP) is 2.84. The minimum absolute atomic E-state index is 0.153. The van der Waals surface area contributed by atoms with Crippen LogP contribution in [0.4, 0.5) is 4.79 Å². The summed E-state index contributed by atoms with van der Waals surface area (Å²) in [6.07, 6.45) is 3.55. The molecule has 3 aliphatic heterocycles. The van der Waals surface area contributed by atoms with E-state index in [0.29, 0.717) is 30.2 Å². The molecule has 1 aromatic carbocycles. The number of hydrogen-bond donors (Lipinski definition) is 0. The van der Waals surface area contributed by atoms with Crippen LogP contribution in [-0.2, 0) is 9.59 Å². The Bertz CT molecular complexity index is 835. The fraction of sp³-hybridized carbons (Fsp3) is 0.353. The van der Waals surface area contributed by atoms with Gasteiger partial charge in [0.15, 0.2) is 11.5 Å². The van der Waals surface area contributed by atoms with Crippen molar-refractivity contribution in [1.29, 1.82) is 0 Å². The maximum atomic E-state index is 12.6. The van der Waals surface area contributed by atoms with Gasteiger partial charge < -0.3 is 14.4 Å². The minimum Gasteiger partial charge on any atom is -0.454 e. The number of fused-ring (bicyclic) bond motifs is 1. The van der Waals surface area contributed by atoms with Gasteiger partial charge >= 0.3 is 0 Å². The van der Waals surface area contributed by atoms with Crippen LogP contribution < -0.4 is 9.47 Å². The van der Waals surface area contributed by atoms with Crippen molar-refractivity contribution < 1.29 is 23.9 Å². The van der Waals surface area contributed by atoms with Crippen molar-refractivity contribution in [3.8, 4) is 11.5 Å². The summed E-state index contributed by atoms with van der Waals surface area (Å²) in [6, 6.07) is 3.51. The van der Waals surface area contributed by atoms with E-state index < -0.39 is 11.1 Å². The number of carbonyl (C=O) groups is 3. The average Bonchev–Trinajstić information content (AvgIpc) is 3.33. The van der Waals surface area contributed by atoms with Crippen molar-refractivity contribution in [2.45, 2.75) is 12.8 Å². The lowest BCUT2D eigenvalue weighted by Gasteiger charge is -2.18. The number of rotatable bonds is 3. The molecule has 3 aliphatic rings. The quantitative estimate of drug-likeness (QED) is 0.675. The molecular weight excluding hydrogens is 424 g/mol. The SMILES string of the molecule is O=C(CN1C(=O)S/C(=C\c2cc3c(cc2Br)OCO3)C1=O)N1CCCC1. The molecule has 1 aromatic rings. The molecule has 9 heteroatoms. The fourth-order valence-electron chi connectivity index (χ4n) is 3.02. The number of amides is 3. The molecule has 136 valence electrons. The average molecular weight is 439 g/mol. The van der Waals surface area contributed by atoms with Crippen molar-refractivity contribution >= 4 is 50.8 Å². The Morgan fingerprint density at radius 1 is 1.19 bits per heavy atom. The third-order valence-electron chi connectivity index (χ3n) is 4.40. The Morgan fingerprint density at radius 2 is 1.88 bits per heavy atom. The highest BCUT2D eigenvalue weighted by molar-refractivity contribution is 9.10. The molecule has 0 atom stereocenters. The van der Waals surface area contributed by atoms with E-state index in [1.165, 1.54) is 0 Å². The van der Waals surface area contributed by atoms with Crippen LogP contribution in [0.15, 0.2) is 21.5 Å². The van der Waals surface area contributed by atoms with Crippen LogP contribution in [0.25, 0.3) is 6.08 Å². The van der Waals surface area contributed by atoms with Crippen molar-refractivity contribution in [3.63, 3.8) is 0 Å². The topological polar surface area (TPSA) is 76.1 Å². The van der Waals surface area contributed by atoms with Crippen LogP contribution in [0.1, 0.15) is 18.4 Å². The van der Waals surface area contributed by atoms with Crippen molar-refractivity contribution in [1.82, 2.24) is 9.80 Å². The van der Waals surface area contributed by atoms with E-state index >= 15 is 0 Å². The van der Waals surface area contributed by atoms with E-state index in [1.807, 2.05) is 0 Å². The van der Waals surface area contributed by atoms with Crippen LogP contribution in [0.5, 0.6) is 11.5 Å². The molecule has 0 bridgehead atoms. The second-order valence-electron chi connectivity index (χ2n) is 6.08. The summed E-state index contributed by atoms with van der Waals surface area (Å²) >= 11 is 4.27. The Hall–Kier alpha value is -2.00. The number of imide groups is 1. The summed E-state index contributed by atoms with van der Waals surface area (Å²) in [4.78, 5) is 40.0. The van der Waals surface area contributed by atoms with E-state index in [0.717, 1.165) is 34.0 Å². The number of nitrogens with zero attached hydrogens (tertiary/aromatic N) is 2. The summed E-state index contributed by atoms with van der Waals surface area (Å²) in [5, 5.41) is -0.425. The maximum absolute atomic E-state index is 12.6. The Labute approximate surface area is 162 Å². The predicted molar refractivity (Wildman–Crippen MR) is 98.8 cm³/mol. The summed E-state index contributed by atoms with van der Waals surface area (Å²) in [5.74, 6) is 0.577. The number of thioether (sulfide) groups is 1. The summed E-state index contributed by atoms with van der Waals surface area (Å²) in [5.41, 5.74) is 0.700. The van der Waals surface area contributed by atoms with E-state index in [9.17, 15) is 14.4 Å². The van der Waals surface area contributed by atoms with Gasteiger partial charge in [0.05, 0.1) is 4.91 Å². The van der Waals surface area contributed by atoms with Gasteiger partial charge in [-0.05, 0) is 48.4 Å². The molecule has 3 heterocycles. The van der Waals surface area contributed by atoms with Gasteiger partial charge in [-0.15, -0.1) is 0 Å². The fourth-order valence-corrected chi connectivity index (χ4v) is 4.29. The first-order chi connectivity index (χ1) is 12.5. The zero-order valence-corrected chi connectivity index (χ0v) is 16.1. The Morgan fingerprint density at radius 3 is 2.62 bits per heavy atom. The van der Waals surface area contributed by atoms with Gasteiger partial charge in [0, 0.05) is 17.6 Å². The van der Waals surface area contributed by atoms with E-state index in [1.54, 1.807) is 23.1 Å². The molecule has 2 fully saturated rings. The van der Waals surface area contributed by atoms with Gasteiger partial charge in [-0.1, -0.05) is 15.9 Å². The first kappa shape index (κ1) is 17.4. The standard InChI is InChI=1S/C17H15BrN2O5S/c18-11-7-13-12(24-9-25-13)5-10(11)6-14-16(22)20(17(23)26-14)8-15(21)19-3-1-2-4-19/h5-7H,1-4,8-9H2/b14-6-. The lowest BCUT2D eigenvalue weighted by atomic mass is 10.2. The largest absolute Gasteiger partial charge is 0.454 e. The second-order valence-corrected chi connectivity index (χ2v) is 7.93. The van der Waals surface area contributed by atoms with E-state index in [4.69, 9.17) is 9.47 Å². The third-order valence-corrected chi connectivity index (χ3v) is 6.00. The molecule has 7 nitrogen and oxygen atoms in total. The first-order valence-corrected chi connectivity index (χ1v) is 9.76. The zero-order valence-electron chi connectivity index (χ0n) is 13.7. The Balaban J connectivity index is 1.53. The number of likely N-dealkylation sites (tertiary alicyclic amines) is 1. The van der Waals surface area contributed by atoms with Crippen LogP contribution in [-0.4, -0.2) is 53.3 Å². The Kier molecular flexibility index (Phi) is 4.66. The van der Waals surface area contributed by atoms with Crippen LogP contribution in [0.3, 0.4) is 0 Å². The molecule has 2 saturated heterocycles. The lowest BCUT2D eigenvalue weighted by Crippen LogP contribution is -2.40. The summed E-state index contributed by atoms with van der Waals surface area (Å²) in [7, 11) is 0. The second kappa shape index (κ2) is 6.96. The molecule has 0 saturated carbocycles. The number of halogens is 1.